The first kappa shape index (κ1) is 25.0. The maximum atomic E-state index is 13.1. The maximum absolute atomic E-state index is 13.1. The summed E-state index contributed by atoms with van der Waals surface area (Å²) >= 11 is 5.89. The number of nitrogens with zero attached hydrogens (tertiary/aromatic N) is 1. The zero-order valence-electron chi connectivity index (χ0n) is 19.2. The largest absolute Gasteiger partial charge is 0.480 e. The normalized spacial score (nSPS) is 10.9. The fraction of sp³-hybridized carbons (Fsp3) is 0.0370. The average Bonchev–Trinajstić information content (AvgIpc) is 2.90. The summed E-state index contributed by atoms with van der Waals surface area (Å²) in [4.78, 5) is 17.1. The van der Waals surface area contributed by atoms with Gasteiger partial charge >= 0.3 is 0 Å². The lowest BCUT2D eigenvalue weighted by molar-refractivity contribution is 0.103. The summed E-state index contributed by atoms with van der Waals surface area (Å²) < 4.78 is 33.9. The molecule has 36 heavy (non-hydrogen) atoms. The summed E-state index contributed by atoms with van der Waals surface area (Å²) in [7, 11) is -2.72. The Morgan fingerprint density at radius 2 is 1.56 bits per heavy atom. The number of sulfonamides is 1. The number of ether oxygens (including phenoxy) is 1. The van der Waals surface area contributed by atoms with Gasteiger partial charge in [0.25, 0.3) is 10.0 Å². The van der Waals surface area contributed by atoms with Gasteiger partial charge in [-0.05, 0) is 30.3 Å². The third kappa shape index (κ3) is 5.56. The quantitative estimate of drug-likeness (QED) is 0.269. The Labute approximate surface area is 214 Å². The molecule has 0 saturated carbocycles. The van der Waals surface area contributed by atoms with Crippen molar-refractivity contribution in [1.29, 1.82) is 0 Å². The van der Waals surface area contributed by atoms with Crippen LogP contribution in [-0.4, -0.2) is 26.3 Å². The van der Waals surface area contributed by atoms with Gasteiger partial charge in [0.15, 0.2) is 10.7 Å². The van der Waals surface area contributed by atoms with E-state index in [2.05, 4.69) is 21.6 Å². The standard InChI is InChI=1S/C27H22ClN3O4S/c1-18(23-10-6-7-11-24(23)26(32)19-8-4-3-5-9-19)30-22-16-25(27(35-2)29-17-22)36(33,34)31-21-14-12-20(28)13-15-21/h3-17,30-31H,1H2,2H3. The zero-order chi connectivity index (χ0) is 25.7. The van der Waals surface area contributed by atoms with Crippen molar-refractivity contribution in [1.82, 2.24) is 4.98 Å². The summed E-state index contributed by atoms with van der Waals surface area (Å²) in [6.45, 7) is 4.07. The third-order valence-corrected chi connectivity index (χ3v) is 6.85. The number of pyridine rings is 1. The molecule has 2 N–H and O–H groups in total. The van der Waals surface area contributed by atoms with E-state index in [1.165, 1.54) is 19.4 Å². The number of ketones is 1. The zero-order valence-corrected chi connectivity index (χ0v) is 20.8. The molecule has 182 valence electrons. The minimum atomic E-state index is -4.05. The van der Waals surface area contributed by atoms with Crippen molar-refractivity contribution in [3.8, 4) is 5.88 Å². The molecule has 4 rings (SSSR count). The number of nitrogens with one attached hydrogen (secondary N) is 2. The lowest BCUT2D eigenvalue weighted by Crippen LogP contribution is -2.15. The molecule has 0 spiro atoms. The van der Waals surface area contributed by atoms with Crippen molar-refractivity contribution in [2.75, 3.05) is 17.1 Å². The summed E-state index contributed by atoms with van der Waals surface area (Å²) in [5, 5.41) is 3.55. The van der Waals surface area contributed by atoms with Crippen LogP contribution in [0, 0.1) is 0 Å². The van der Waals surface area contributed by atoms with Crippen LogP contribution in [-0.2, 0) is 10.0 Å². The Morgan fingerprint density at radius 1 is 0.917 bits per heavy atom. The number of aromatic nitrogens is 1. The van der Waals surface area contributed by atoms with Crippen LogP contribution in [0.25, 0.3) is 5.70 Å². The number of anilines is 2. The van der Waals surface area contributed by atoms with Gasteiger partial charge in [0.05, 0.1) is 19.0 Å². The molecule has 3 aromatic carbocycles. The van der Waals surface area contributed by atoms with Crippen LogP contribution in [0.1, 0.15) is 21.5 Å². The highest BCUT2D eigenvalue weighted by atomic mass is 35.5. The Balaban J connectivity index is 1.63. The van der Waals surface area contributed by atoms with E-state index < -0.39 is 10.0 Å². The first-order valence-electron chi connectivity index (χ1n) is 10.8. The molecule has 0 bridgehead atoms. The third-order valence-electron chi connectivity index (χ3n) is 5.23. The number of halogens is 1. The number of carbonyl (C=O) groups excluding carboxylic acids is 1. The Bertz CT molecular complexity index is 1520. The van der Waals surface area contributed by atoms with Gasteiger partial charge in [0.1, 0.15) is 0 Å². The topological polar surface area (TPSA) is 97.4 Å². The second-order valence-electron chi connectivity index (χ2n) is 7.69. The van der Waals surface area contributed by atoms with Crippen molar-refractivity contribution in [2.24, 2.45) is 0 Å². The van der Waals surface area contributed by atoms with E-state index >= 15 is 0 Å². The van der Waals surface area contributed by atoms with Gasteiger partial charge in [-0.15, -0.1) is 0 Å². The van der Waals surface area contributed by atoms with E-state index in [-0.39, 0.29) is 16.6 Å². The Morgan fingerprint density at radius 3 is 2.22 bits per heavy atom. The van der Waals surface area contributed by atoms with Crippen molar-refractivity contribution >= 4 is 44.5 Å². The monoisotopic (exact) mass is 519 g/mol. The van der Waals surface area contributed by atoms with Gasteiger partial charge in [0, 0.05) is 33.1 Å². The first-order chi connectivity index (χ1) is 17.3. The van der Waals surface area contributed by atoms with Crippen LogP contribution in [0.3, 0.4) is 0 Å². The molecule has 0 aliphatic rings. The van der Waals surface area contributed by atoms with Crippen molar-refractivity contribution in [3.05, 3.63) is 119 Å². The van der Waals surface area contributed by atoms with Crippen LogP contribution >= 0.6 is 11.6 Å². The molecule has 1 aromatic heterocycles. The summed E-state index contributed by atoms with van der Waals surface area (Å²) in [6.07, 6.45) is 1.42. The molecule has 4 aromatic rings. The Hall–Kier alpha value is -4.14. The minimum Gasteiger partial charge on any atom is -0.480 e. The predicted molar refractivity (Wildman–Crippen MR) is 142 cm³/mol. The van der Waals surface area contributed by atoms with Crippen molar-refractivity contribution in [2.45, 2.75) is 4.90 Å². The van der Waals surface area contributed by atoms with E-state index in [1.54, 1.807) is 72.8 Å². The Kier molecular flexibility index (Phi) is 7.38. The highest BCUT2D eigenvalue weighted by Crippen LogP contribution is 2.29. The van der Waals surface area contributed by atoms with Crippen molar-refractivity contribution < 1.29 is 17.9 Å². The second-order valence-corrected chi connectivity index (χ2v) is 9.78. The highest BCUT2D eigenvalue weighted by Gasteiger charge is 2.22. The number of rotatable bonds is 9. The SMILES string of the molecule is C=C(Nc1cnc(OC)c(S(=O)(=O)Nc2ccc(Cl)cc2)c1)c1ccccc1C(=O)c1ccccc1. The molecule has 0 unspecified atom stereocenters. The molecular weight excluding hydrogens is 498 g/mol. The van der Waals surface area contributed by atoms with Crippen LogP contribution in [0.2, 0.25) is 5.02 Å². The van der Waals surface area contributed by atoms with Gasteiger partial charge in [-0.25, -0.2) is 13.4 Å². The van der Waals surface area contributed by atoms with E-state index in [9.17, 15) is 13.2 Å². The van der Waals surface area contributed by atoms with Gasteiger partial charge in [-0.2, -0.15) is 0 Å². The summed E-state index contributed by atoms with van der Waals surface area (Å²) in [6, 6.07) is 23.6. The van der Waals surface area contributed by atoms with E-state index in [4.69, 9.17) is 16.3 Å². The van der Waals surface area contributed by atoms with E-state index in [0.29, 0.717) is 38.8 Å². The highest BCUT2D eigenvalue weighted by molar-refractivity contribution is 7.92. The number of hydrogen-bond donors (Lipinski definition) is 2. The molecule has 0 aliphatic heterocycles. The molecule has 7 nitrogen and oxygen atoms in total. The van der Waals surface area contributed by atoms with Crippen molar-refractivity contribution in [3.63, 3.8) is 0 Å². The summed E-state index contributed by atoms with van der Waals surface area (Å²) in [5.74, 6) is -0.232. The van der Waals surface area contributed by atoms with Gasteiger partial charge < -0.3 is 10.1 Å². The average molecular weight is 520 g/mol. The van der Waals surface area contributed by atoms with Gasteiger partial charge in [-0.3, -0.25) is 9.52 Å². The molecule has 0 radical (unpaired) electrons. The van der Waals surface area contributed by atoms with Crippen LogP contribution in [0.15, 0.2) is 103 Å². The fourth-order valence-corrected chi connectivity index (χ4v) is 4.84. The molecule has 0 amide bonds. The minimum absolute atomic E-state index is 0.0766. The lowest BCUT2D eigenvalue weighted by atomic mass is 9.97. The molecule has 0 atom stereocenters. The molecular formula is C27H22ClN3O4S. The van der Waals surface area contributed by atoms with Crippen LogP contribution in [0.4, 0.5) is 11.4 Å². The van der Waals surface area contributed by atoms with E-state index in [1.807, 2.05) is 6.07 Å². The number of hydrogen-bond acceptors (Lipinski definition) is 6. The fourth-order valence-electron chi connectivity index (χ4n) is 3.51. The molecule has 0 aliphatic carbocycles. The molecule has 1 heterocycles. The molecule has 0 fully saturated rings. The first-order valence-corrected chi connectivity index (χ1v) is 12.6. The van der Waals surface area contributed by atoms with Gasteiger partial charge in [-0.1, -0.05) is 72.8 Å². The number of methoxy groups -OCH3 is 1. The molecule has 9 heteroatoms. The van der Waals surface area contributed by atoms with E-state index in [0.717, 1.165) is 0 Å². The molecule has 0 saturated heterocycles. The van der Waals surface area contributed by atoms with Crippen LogP contribution in [0.5, 0.6) is 5.88 Å². The number of carbonyl (C=O) groups is 1. The second kappa shape index (κ2) is 10.6. The lowest BCUT2D eigenvalue weighted by Gasteiger charge is -2.16. The number of benzene rings is 3. The smallest absolute Gasteiger partial charge is 0.267 e. The predicted octanol–water partition coefficient (Wildman–Crippen LogP) is 5.86. The van der Waals surface area contributed by atoms with Crippen LogP contribution < -0.4 is 14.8 Å². The summed E-state index contributed by atoms with van der Waals surface area (Å²) in [5.41, 5.74) is 2.66. The maximum Gasteiger partial charge on any atom is 0.267 e. The van der Waals surface area contributed by atoms with Gasteiger partial charge in [0.2, 0.25) is 5.88 Å².